The van der Waals surface area contributed by atoms with Crippen LogP contribution in [0.3, 0.4) is 0 Å². The number of anilines is 1. The van der Waals surface area contributed by atoms with Crippen LogP contribution in [-0.2, 0) is 11.3 Å². The zero-order chi connectivity index (χ0) is 15.4. The Bertz CT molecular complexity index is 627. The quantitative estimate of drug-likeness (QED) is 0.812. The zero-order valence-electron chi connectivity index (χ0n) is 11.5. The van der Waals surface area contributed by atoms with Crippen LogP contribution in [0.2, 0.25) is 5.02 Å². The second-order valence-corrected chi connectivity index (χ2v) is 5.54. The predicted molar refractivity (Wildman–Crippen MR) is 80.9 cm³/mol. The Morgan fingerprint density at radius 1 is 1.52 bits per heavy atom. The van der Waals surface area contributed by atoms with Gasteiger partial charge in [-0.1, -0.05) is 17.5 Å². The Balaban J connectivity index is 2.10. The molecule has 0 aromatic carbocycles. The van der Waals surface area contributed by atoms with Crippen LogP contribution in [0.4, 0.5) is 5.69 Å². The van der Waals surface area contributed by atoms with E-state index in [0.29, 0.717) is 18.5 Å². The van der Waals surface area contributed by atoms with Crippen LogP contribution in [0.1, 0.15) is 25.7 Å². The molecule has 2 rings (SSSR count). The maximum atomic E-state index is 12.2. The maximum absolute atomic E-state index is 12.2. The number of halogens is 1. The largest absolute Gasteiger partial charge is 0.377 e. The molecule has 21 heavy (non-hydrogen) atoms. The lowest BCUT2D eigenvalue weighted by Crippen LogP contribution is -2.35. The number of carbonyl (C=O) groups is 1. The van der Waals surface area contributed by atoms with Crippen LogP contribution >= 0.6 is 11.6 Å². The standard InChI is InChI=1S/C14H17ClN4O2/c1-2-7-19-14(21)12(11(15)8-17-19)18-10-5-3-9(4-6-10)13(16)20/h1,8-10,18H,3-7H2,(H2,16,20). The second-order valence-electron chi connectivity index (χ2n) is 5.13. The molecular formula is C14H17ClN4O2. The van der Waals surface area contributed by atoms with E-state index in [9.17, 15) is 9.59 Å². The van der Waals surface area contributed by atoms with Gasteiger partial charge in [-0.25, -0.2) is 4.68 Å². The Morgan fingerprint density at radius 2 is 2.19 bits per heavy atom. The van der Waals surface area contributed by atoms with Gasteiger partial charge in [0.1, 0.15) is 12.2 Å². The first-order valence-corrected chi connectivity index (χ1v) is 7.15. The molecule has 1 aliphatic rings. The van der Waals surface area contributed by atoms with Gasteiger partial charge in [0.25, 0.3) is 5.56 Å². The molecule has 1 heterocycles. The third-order valence-electron chi connectivity index (χ3n) is 3.72. The van der Waals surface area contributed by atoms with E-state index < -0.39 is 0 Å². The van der Waals surface area contributed by atoms with Crippen LogP contribution in [0, 0.1) is 18.3 Å². The van der Waals surface area contributed by atoms with Crippen LogP contribution in [-0.4, -0.2) is 21.7 Å². The fourth-order valence-electron chi connectivity index (χ4n) is 2.52. The summed E-state index contributed by atoms with van der Waals surface area (Å²) < 4.78 is 1.18. The van der Waals surface area contributed by atoms with Gasteiger partial charge in [-0.2, -0.15) is 5.10 Å². The van der Waals surface area contributed by atoms with Crippen molar-refractivity contribution in [3.8, 4) is 12.3 Å². The minimum atomic E-state index is -0.336. The summed E-state index contributed by atoms with van der Waals surface area (Å²) >= 11 is 6.04. The lowest BCUT2D eigenvalue weighted by Gasteiger charge is -2.28. The molecule has 0 spiro atoms. The van der Waals surface area contributed by atoms with Crippen LogP contribution in [0.5, 0.6) is 0 Å². The third-order valence-corrected chi connectivity index (χ3v) is 4.00. The molecule has 1 fully saturated rings. The maximum Gasteiger partial charge on any atom is 0.292 e. The van der Waals surface area contributed by atoms with E-state index >= 15 is 0 Å². The number of amides is 1. The molecular weight excluding hydrogens is 292 g/mol. The normalized spacial score (nSPS) is 21.5. The molecule has 1 aromatic rings. The van der Waals surface area contributed by atoms with Crippen molar-refractivity contribution < 1.29 is 4.79 Å². The molecule has 112 valence electrons. The predicted octanol–water partition coefficient (Wildman–Crippen LogP) is 0.986. The molecule has 0 atom stereocenters. The minimum absolute atomic E-state index is 0.0749. The minimum Gasteiger partial charge on any atom is -0.377 e. The Morgan fingerprint density at radius 3 is 2.76 bits per heavy atom. The number of nitrogens with two attached hydrogens (primary N) is 1. The fraction of sp³-hybridized carbons (Fsp3) is 0.500. The van der Waals surface area contributed by atoms with E-state index in [1.165, 1.54) is 10.9 Å². The summed E-state index contributed by atoms with van der Waals surface area (Å²) in [7, 11) is 0. The topological polar surface area (TPSA) is 90.0 Å². The SMILES string of the molecule is C#CCn1ncc(Cl)c(NC2CCC(C(N)=O)CC2)c1=O. The van der Waals surface area contributed by atoms with Gasteiger partial charge in [0.15, 0.2) is 0 Å². The molecule has 0 unspecified atom stereocenters. The van der Waals surface area contributed by atoms with Crippen molar-refractivity contribution in [2.24, 2.45) is 11.7 Å². The Hall–Kier alpha value is -2.00. The third kappa shape index (κ3) is 3.56. The number of terminal acetylenes is 1. The van der Waals surface area contributed by atoms with Crippen LogP contribution in [0.25, 0.3) is 0 Å². The number of rotatable bonds is 4. The summed E-state index contributed by atoms with van der Waals surface area (Å²) in [6.45, 7) is 0.0963. The molecule has 1 amide bonds. The highest BCUT2D eigenvalue weighted by Crippen LogP contribution is 2.27. The lowest BCUT2D eigenvalue weighted by molar-refractivity contribution is -0.122. The molecule has 7 heteroatoms. The molecule has 1 saturated carbocycles. The highest BCUT2D eigenvalue weighted by molar-refractivity contribution is 6.33. The van der Waals surface area contributed by atoms with Gasteiger partial charge >= 0.3 is 0 Å². The van der Waals surface area contributed by atoms with E-state index in [1.807, 2.05) is 0 Å². The molecule has 1 aliphatic carbocycles. The summed E-state index contributed by atoms with van der Waals surface area (Å²) in [5.74, 6) is 2.04. The van der Waals surface area contributed by atoms with Crippen molar-refractivity contribution in [1.29, 1.82) is 0 Å². The Kier molecular flexibility index (Phi) is 4.86. The van der Waals surface area contributed by atoms with Gasteiger partial charge in [0, 0.05) is 12.0 Å². The number of nitrogens with one attached hydrogen (secondary N) is 1. The van der Waals surface area contributed by atoms with E-state index in [-0.39, 0.29) is 35.0 Å². The monoisotopic (exact) mass is 308 g/mol. The molecule has 6 nitrogen and oxygen atoms in total. The molecule has 0 saturated heterocycles. The van der Waals surface area contributed by atoms with Crippen molar-refractivity contribution in [2.75, 3.05) is 5.32 Å². The van der Waals surface area contributed by atoms with Crippen LogP contribution < -0.4 is 16.6 Å². The second kappa shape index (κ2) is 6.64. The van der Waals surface area contributed by atoms with E-state index in [2.05, 4.69) is 16.3 Å². The number of nitrogens with zero attached hydrogens (tertiary/aromatic N) is 2. The number of aromatic nitrogens is 2. The van der Waals surface area contributed by atoms with Crippen molar-refractivity contribution in [2.45, 2.75) is 38.3 Å². The molecule has 0 radical (unpaired) electrons. The van der Waals surface area contributed by atoms with Crippen molar-refractivity contribution in [1.82, 2.24) is 9.78 Å². The van der Waals surface area contributed by atoms with E-state index in [0.717, 1.165) is 12.8 Å². The first-order chi connectivity index (χ1) is 10.0. The van der Waals surface area contributed by atoms with Crippen molar-refractivity contribution in [3.63, 3.8) is 0 Å². The first-order valence-electron chi connectivity index (χ1n) is 6.78. The van der Waals surface area contributed by atoms with Crippen molar-refractivity contribution >= 4 is 23.2 Å². The smallest absolute Gasteiger partial charge is 0.292 e. The summed E-state index contributed by atoms with van der Waals surface area (Å²) in [4.78, 5) is 23.4. The van der Waals surface area contributed by atoms with E-state index in [1.54, 1.807) is 0 Å². The molecule has 3 N–H and O–H groups in total. The lowest BCUT2D eigenvalue weighted by atomic mass is 9.85. The van der Waals surface area contributed by atoms with Gasteiger partial charge in [-0.3, -0.25) is 9.59 Å². The molecule has 1 aromatic heterocycles. The number of primary amides is 1. The summed E-state index contributed by atoms with van der Waals surface area (Å²) in [5.41, 5.74) is 5.28. The van der Waals surface area contributed by atoms with Crippen molar-refractivity contribution in [3.05, 3.63) is 21.6 Å². The fourth-order valence-corrected chi connectivity index (χ4v) is 2.70. The summed E-state index contributed by atoms with van der Waals surface area (Å²) in [6, 6.07) is 0.0903. The number of carbonyl (C=O) groups excluding carboxylic acids is 1. The van der Waals surface area contributed by atoms with Crippen LogP contribution in [0.15, 0.2) is 11.0 Å². The highest BCUT2D eigenvalue weighted by Gasteiger charge is 2.25. The Labute approximate surface area is 127 Å². The van der Waals surface area contributed by atoms with Gasteiger partial charge in [0.2, 0.25) is 5.91 Å². The van der Waals surface area contributed by atoms with Gasteiger partial charge < -0.3 is 11.1 Å². The highest BCUT2D eigenvalue weighted by atomic mass is 35.5. The summed E-state index contributed by atoms with van der Waals surface area (Å²) in [6.07, 6.45) is 9.56. The molecule has 0 bridgehead atoms. The molecule has 0 aliphatic heterocycles. The van der Waals surface area contributed by atoms with Gasteiger partial charge in [0.05, 0.1) is 11.2 Å². The van der Waals surface area contributed by atoms with E-state index in [4.69, 9.17) is 23.8 Å². The summed E-state index contributed by atoms with van der Waals surface area (Å²) in [5, 5.41) is 7.30. The zero-order valence-corrected chi connectivity index (χ0v) is 12.3. The number of hydrogen-bond acceptors (Lipinski definition) is 4. The van der Waals surface area contributed by atoms with Gasteiger partial charge in [-0.15, -0.1) is 6.42 Å². The average Bonchev–Trinajstić information content (AvgIpc) is 2.47. The number of hydrogen-bond donors (Lipinski definition) is 2. The first kappa shape index (κ1) is 15.4. The van der Waals surface area contributed by atoms with Gasteiger partial charge in [-0.05, 0) is 25.7 Å². The average molecular weight is 309 g/mol.